The number of hydrogen-bond acceptors (Lipinski definition) is 16. The summed E-state index contributed by atoms with van der Waals surface area (Å²) < 4.78 is 27.3. The molecule has 10 N–H and O–H groups in total. The van der Waals surface area contributed by atoms with E-state index in [0.29, 0.717) is 0 Å². The number of fused-ring (bicyclic) bond motifs is 1. The highest BCUT2D eigenvalue weighted by Gasteiger charge is 2.46. The predicted molar refractivity (Wildman–Crippen MR) is 136 cm³/mol. The molecule has 42 heavy (non-hydrogen) atoms. The summed E-state index contributed by atoms with van der Waals surface area (Å²) in [5.41, 5.74) is -1.20. The molecule has 0 aliphatic carbocycles. The van der Waals surface area contributed by atoms with Gasteiger partial charge in [0.25, 0.3) is 0 Å². The molecule has 3 aromatic rings. The summed E-state index contributed by atoms with van der Waals surface area (Å²) in [6.45, 7) is -1.32. The maximum Gasteiger partial charge on any atom is 0.229 e. The summed E-state index contributed by atoms with van der Waals surface area (Å²) in [5.74, 6) is -4.00. The minimum Gasteiger partial charge on any atom is -0.508 e. The van der Waals surface area contributed by atoms with E-state index in [2.05, 4.69) is 0 Å². The summed E-state index contributed by atoms with van der Waals surface area (Å²) in [4.78, 5) is 13.3. The first-order valence-electron chi connectivity index (χ1n) is 12.6. The summed E-state index contributed by atoms with van der Waals surface area (Å²) in [5, 5.41) is 102. The molecule has 2 aromatic carbocycles. The van der Waals surface area contributed by atoms with Crippen LogP contribution in [0.3, 0.4) is 0 Å². The van der Waals surface area contributed by atoms with Gasteiger partial charge in [0.05, 0.1) is 13.2 Å². The Morgan fingerprint density at radius 2 is 1.43 bits per heavy atom. The van der Waals surface area contributed by atoms with Crippen molar-refractivity contribution in [3.05, 3.63) is 40.6 Å². The van der Waals surface area contributed by atoms with E-state index in [0.717, 1.165) is 6.07 Å². The molecule has 3 heterocycles. The molecule has 0 unspecified atom stereocenters. The maximum atomic E-state index is 13.3. The van der Waals surface area contributed by atoms with Gasteiger partial charge < -0.3 is 74.4 Å². The molecule has 1 aromatic heterocycles. The van der Waals surface area contributed by atoms with Crippen molar-refractivity contribution in [3.8, 4) is 40.1 Å². The highest BCUT2D eigenvalue weighted by Crippen LogP contribution is 2.51. The van der Waals surface area contributed by atoms with Crippen LogP contribution in [0.25, 0.3) is 22.3 Å². The van der Waals surface area contributed by atoms with Gasteiger partial charge in [0.2, 0.25) is 29.8 Å². The second-order valence-electron chi connectivity index (χ2n) is 9.76. The second kappa shape index (κ2) is 11.5. The molecule has 2 aliphatic rings. The zero-order valence-corrected chi connectivity index (χ0v) is 21.4. The second-order valence-corrected chi connectivity index (χ2v) is 9.76. The van der Waals surface area contributed by atoms with Crippen molar-refractivity contribution in [2.45, 2.75) is 55.3 Å². The average Bonchev–Trinajstić information content (AvgIpc) is 2.97. The van der Waals surface area contributed by atoms with Crippen LogP contribution in [0.4, 0.5) is 0 Å². The van der Waals surface area contributed by atoms with Crippen LogP contribution >= 0.6 is 0 Å². The van der Waals surface area contributed by atoms with Gasteiger partial charge in [-0.1, -0.05) is 0 Å². The quantitative estimate of drug-likeness (QED) is 0.142. The van der Waals surface area contributed by atoms with E-state index in [-0.39, 0.29) is 17.1 Å². The van der Waals surface area contributed by atoms with E-state index < -0.39 is 108 Å². The van der Waals surface area contributed by atoms with Crippen LogP contribution in [-0.2, 0) is 9.47 Å². The number of rotatable bonds is 6. The van der Waals surface area contributed by atoms with Gasteiger partial charge in [-0.2, -0.15) is 0 Å². The van der Waals surface area contributed by atoms with Crippen LogP contribution in [-0.4, -0.2) is 120 Å². The third kappa shape index (κ3) is 5.19. The van der Waals surface area contributed by atoms with E-state index in [1.54, 1.807) is 0 Å². The molecule has 2 aliphatic heterocycles. The lowest BCUT2D eigenvalue weighted by Crippen LogP contribution is -2.60. The Balaban J connectivity index is 1.66. The zero-order valence-electron chi connectivity index (χ0n) is 21.4. The molecule has 5 rings (SSSR count). The fourth-order valence-corrected chi connectivity index (χ4v) is 4.58. The van der Waals surface area contributed by atoms with Crippen LogP contribution in [0.15, 0.2) is 39.5 Å². The van der Waals surface area contributed by atoms with Gasteiger partial charge in [0.1, 0.15) is 59.6 Å². The van der Waals surface area contributed by atoms with Gasteiger partial charge >= 0.3 is 0 Å². The normalized spacial score (nSPS) is 31.6. The molecule has 2 saturated heterocycles. The van der Waals surface area contributed by atoms with Gasteiger partial charge in [-0.05, 0) is 24.3 Å². The van der Waals surface area contributed by atoms with Gasteiger partial charge in [-0.25, -0.2) is 0 Å². The van der Waals surface area contributed by atoms with Crippen molar-refractivity contribution in [3.63, 3.8) is 0 Å². The Morgan fingerprint density at radius 1 is 0.786 bits per heavy atom. The van der Waals surface area contributed by atoms with Gasteiger partial charge in [0.15, 0.2) is 16.8 Å². The van der Waals surface area contributed by atoms with Crippen LogP contribution < -0.4 is 14.9 Å². The Labute approximate surface area is 235 Å². The maximum absolute atomic E-state index is 13.3. The lowest BCUT2D eigenvalue weighted by Gasteiger charge is -2.39. The predicted octanol–water partition coefficient (Wildman–Crippen LogP) is -2.43. The first kappa shape index (κ1) is 29.8. The molecule has 228 valence electrons. The minimum absolute atomic E-state index is 0.0830. The fourth-order valence-electron chi connectivity index (χ4n) is 4.58. The Morgan fingerprint density at radius 3 is 2.10 bits per heavy atom. The van der Waals surface area contributed by atoms with Crippen molar-refractivity contribution in [1.82, 2.24) is 0 Å². The van der Waals surface area contributed by atoms with E-state index in [9.17, 15) is 55.9 Å². The Bertz CT molecular complexity index is 1490. The standard InChI is InChI=1S/C26H28O16/c27-6-13-16(32)18(34)20(36)26(40-13)41-23-17(33)14-10(29)5-12(8-1-3-9(28)4-2-8)39-22(14)24(21(23)37)42-25-19(35)15(31)11(30)7-38-25/h1-5,11,13,15-16,18-20,25-28,30-37H,6-7H2/t11-,13-,15+,16-,18-,19+,20-,25+,26+/m1/s1. The number of phenols is 3. The molecule has 9 atom stereocenters. The number of aromatic hydroxyl groups is 3. The number of hydrogen-bond donors (Lipinski definition) is 10. The van der Waals surface area contributed by atoms with Crippen LogP contribution in [0.1, 0.15) is 0 Å². The van der Waals surface area contributed by atoms with E-state index in [1.807, 2.05) is 0 Å². The molecule has 0 saturated carbocycles. The Kier molecular flexibility index (Phi) is 8.17. The number of aliphatic hydroxyl groups is 7. The Hall–Kier alpha value is -3.71. The number of benzene rings is 2. The first-order valence-corrected chi connectivity index (χ1v) is 12.6. The smallest absolute Gasteiger partial charge is 0.229 e. The topological polar surface area (TPSA) is 269 Å². The molecule has 16 nitrogen and oxygen atoms in total. The minimum atomic E-state index is -1.98. The molecule has 0 amide bonds. The van der Waals surface area contributed by atoms with E-state index >= 15 is 0 Å². The molecular formula is C26H28O16. The first-order chi connectivity index (χ1) is 19.9. The molecule has 0 spiro atoms. The van der Waals surface area contributed by atoms with Crippen molar-refractivity contribution in [1.29, 1.82) is 0 Å². The van der Waals surface area contributed by atoms with Crippen molar-refractivity contribution < 1.29 is 74.4 Å². The molecule has 16 heteroatoms. The molecule has 0 bridgehead atoms. The van der Waals surface area contributed by atoms with Gasteiger partial charge in [0, 0.05) is 11.6 Å². The number of ether oxygens (including phenoxy) is 4. The third-order valence-corrected chi connectivity index (χ3v) is 6.96. The highest BCUT2D eigenvalue weighted by molar-refractivity contribution is 5.95. The number of aliphatic hydroxyl groups excluding tert-OH is 7. The largest absolute Gasteiger partial charge is 0.508 e. The zero-order chi connectivity index (χ0) is 30.5. The summed E-state index contributed by atoms with van der Waals surface area (Å²) in [6, 6.07) is 6.40. The summed E-state index contributed by atoms with van der Waals surface area (Å²) >= 11 is 0. The summed E-state index contributed by atoms with van der Waals surface area (Å²) in [7, 11) is 0. The SMILES string of the molecule is O=c1cc(-c2ccc(O)cc2)oc2c(O[C@@H]3OC[C@@H](O)[C@H](O)[C@@H]3O)c(O)c(O[C@@H]3O[C@H](CO)[C@@H](O)[C@@H](O)[C@H]3O)c(O)c12. The summed E-state index contributed by atoms with van der Waals surface area (Å²) in [6.07, 6.45) is -15.8. The third-order valence-electron chi connectivity index (χ3n) is 6.96. The van der Waals surface area contributed by atoms with E-state index in [4.69, 9.17) is 23.4 Å². The van der Waals surface area contributed by atoms with Crippen LogP contribution in [0.2, 0.25) is 0 Å². The average molecular weight is 596 g/mol. The highest BCUT2D eigenvalue weighted by atomic mass is 16.7. The fraction of sp³-hybridized carbons (Fsp3) is 0.423. The molecule has 0 radical (unpaired) electrons. The number of phenolic OH excluding ortho intramolecular Hbond substituents is 3. The van der Waals surface area contributed by atoms with Crippen molar-refractivity contribution in [2.24, 2.45) is 0 Å². The van der Waals surface area contributed by atoms with Gasteiger partial charge in [-0.15, -0.1) is 0 Å². The van der Waals surface area contributed by atoms with Gasteiger partial charge in [-0.3, -0.25) is 4.79 Å². The molecule has 2 fully saturated rings. The lowest BCUT2D eigenvalue weighted by atomic mass is 9.99. The van der Waals surface area contributed by atoms with Crippen molar-refractivity contribution in [2.75, 3.05) is 13.2 Å². The van der Waals surface area contributed by atoms with Crippen LogP contribution in [0.5, 0.6) is 28.7 Å². The van der Waals surface area contributed by atoms with Crippen LogP contribution in [0, 0.1) is 0 Å². The molecular weight excluding hydrogens is 568 g/mol. The van der Waals surface area contributed by atoms with Crippen molar-refractivity contribution >= 4 is 11.0 Å². The monoisotopic (exact) mass is 596 g/mol. The van der Waals surface area contributed by atoms with E-state index in [1.165, 1.54) is 24.3 Å². The lowest BCUT2D eigenvalue weighted by molar-refractivity contribution is -0.277.